The van der Waals surface area contributed by atoms with Gasteiger partial charge in [-0.2, -0.15) is 0 Å². The van der Waals surface area contributed by atoms with Crippen LogP contribution in [0.25, 0.3) is 5.57 Å². The van der Waals surface area contributed by atoms with Crippen LogP contribution in [0.15, 0.2) is 10.5 Å². The molecule has 0 atom stereocenters. The predicted molar refractivity (Wildman–Crippen MR) is 100 cm³/mol. The molecule has 0 saturated heterocycles. The molecule has 1 aliphatic rings. The van der Waals surface area contributed by atoms with Crippen LogP contribution in [0.4, 0.5) is 0 Å². The number of allylic oxidation sites excluding steroid dienone is 2. The average Bonchev–Trinajstić information content (AvgIpc) is 2.68. The van der Waals surface area contributed by atoms with Gasteiger partial charge in [0.1, 0.15) is 0 Å². The third kappa shape index (κ3) is 2.95. The van der Waals surface area contributed by atoms with Gasteiger partial charge >= 0.3 is 136 Å². The molecule has 0 unspecified atom stereocenters. The van der Waals surface area contributed by atoms with Crippen molar-refractivity contribution < 1.29 is 4.42 Å². The van der Waals surface area contributed by atoms with E-state index in [-0.39, 0.29) is 0 Å². The van der Waals surface area contributed by atoms with Gasteiger partial charge < -0.3 is 0 Å². The Labute approximate surface area is 136 Å². The van der Waals surface area contributed by atoms with E-state index in [2.05, 4.69) is 61.7 Å². The van der Waals surface area contributed by atoms with Crippen LogP contribution in [-0.2, 0) is 6.42 Å². The predicted octanol–water partition coefficient (Wildman–Crippen LogP) is 4.89. The van der Waals surface area contributed by atoms with Gasteiger partial charge in [0, 0.05) is 0 Å². The van der Waals surface area contributed by atoms with Gasteiger partial charge in [-0.05, 0) is 0 Å². The molecule has 21 heavy (non-hydrogen) atoms. The van der Waals surface area contributed by atoms with E-state index in [0.29, 0.717) is 5.04 Å². The summed E-state index contributed by atoms with van der Waals surface area (Å²) in [7, 11) is -1.61. The summed E-state index contributed by atoms with van der Waals surface area (Å²) in [6.07, 6.45) is 4.77. The number of furan rings is 1. The van der Waals surface area contributed by atoms with Gasteiger partial charge in [0.2, 0.25) is 0 Å². The van der Waals surface area contributed by atoms with Crippen LogP contribution in [0.3, 0.4) is 0 Å². The van der Waals surface area contributed by atoms with Crippen molar-refractivity contribution in [1.82, 2.24) is 0 Å². The third-order valence-corrected chi connectivity index (χ3v) is 15.6. The van der Waals surface area contributed by atoms with Crippen molar-refractivity contribution in [2.24, 2.45) is 0 Å². The maximum atomic E-state index is 6.71. The first kappa shape index (κ1) is 17.4. The molecule has 118 valence electrons. The topological polar surface area (TPSA) is 13.1 Å². The quantitative estimate of drug-likeness (QED) is 0.632. The first-order valence-electron chi connectivity index (χ1n) is 8.21. The van der Waals surface area contributed by atoms with Gasteiger partial charge in [-0.25, -0.2) is 0 Å². The number of hydrogen-bond donors (Lipinski definition) is 0. The van der Waals surface area contributed by atoms with E-state index in [1.54, 1.807) is 5.56 Å². The summed E-state index contributed by atoms with van der Waals surface area (Å²) in [5.41, 5.74) is 4.55. The number of hydrogen-bond acceptors (Lipinski definition) is 1. The van der Waals surface area contributed by atoms with Crippen molar-refractivity contribution in [3.63, 3.8) is 0 Å². The molecule has 1 aliphatic carbocycles. The van der Waals surface area contributed by atoms with Crippen LogP contribution in [0.5, 0.6) is 0 Å². The monoisotopic (exact) mass is 412 g/mol. The molecule has 0 N–H and O–H groups in total. The summed E-state index contributed by atoms with van der Waals surface area (Å²) in [5.74, 6) is 0. The fraction of sp³-hybridized carbons (Fsp3) is 0.667. The molecule has 1 nitrogen and oxygen atoms in total. The molecule has 1 aromatic heterocycles. The Bertz CT molecular complexity index is 580. The first-order valence-corrected chi connectivity index (χ1v) is 21.2. The molecule has 2 rings (SSSR count). The van der Waals surface area contributed by atoms with Gasteiger partial charge in [0.25, 0.3) is 0 Å². The van der Waals surface area contributed by atoms with Gasteiger partial charge in [-0.15, -0.1) is 0 Å². The molecule has 0 bridgehead atoms. The fourth-order valence-corrected chi connectivity index (χ4v) is 9.66. The van der Waals surface area contributed by atoms with Crippen LogP contribution < -0.4 is 9.16 Å². The molecule has 0 amide bonds. The molecule has 0 radical (unpaired) electrons. The molecular weight excluding hydrogens is 379 g/mol. The van der Waals surface area contributed by atoms with Crippen LogP contribution in [0.1, 0.15) is 45.2 Å². The average molecular weight is 411 g/mol. The second-order valence-electron chi connectivity index (χ2n) is 9.16. The molecule has 0 aromatic carbocycles. The standard InChI is InChI=1S/C15H23OSi.3CH3.Sn/c1-11-8-7-9-12-13(11)10-16-14(12)17(5,6)15(2,3)4;;;;/h8H,7,9H2,1-6H3;3*1H3;. The normalized spacial score (nSPS) is 16.7. The molecule has 1 aromatic rings. The minimum atomic E-state index is -2.24. The van der Waals surface area contributed by atoms with E-state index >= 15 is 0 Å². The maximum absolute atomic E-state index is 6.71. The molecule has 0 fully saturated rings. The Morgan fingerprint density at radius 2 is 1.71 bits per heavy atom. The first-order chi connectivity index (χ1) is 9.37. The Hall–Kier alpha value is 0.0356. The summed E-state index contributed by atoms with van der Waals surface area (Å²) in [4.78, 5) is 7.43. The van der Waals surface area contributed by atoms with Crippen molar-refractivity contribution in [3.8, 4) is 0 Å². The second-order valence-corrected chi connectivity index (χ2v) is 28.5. The van der Waals surface area contributed by atoms with E-state index in [9.17, 15) is 0 Å². The third-order valence-electron chi connectivity index (χ3n) is 5.37. The fourth-order valence-electron chi connectivity index (χ4n) is 3.03. The Kier molecular flexibility index (Phi) is 4.38. The number of fused-ring (bicyclic) bond motifs is 1. The van der Waals surface area contributed by atoms with Crippen molar-refractivity contribution in [3.05, 3.63) is 17.2 Å². The van der Waals surface area contributed by atoms with E-state index < -0.39 is 26.5 Å². The second kappa shape index (κ2) is 5.29. The van der Waals surface area contributed by atoms with Crippen molar-refractivity contribution in [2.45, 2.75) is 73.5 Å². The van der Waals surface area contributed by atoms with E-state index in [1.165, 1.54) is 33.1 Å². The molecule has 0 saturated carbocycles. The Morgan fingerprint density at radius 1 is 1.14 bits per heavy atom. The van der Waals surface area contributed by atoms with Gasteiger partial charge in [0.05, 0.1) is 0 Å². The molecule has 1 heterocycles. The van der Waals surface area contributed by atoms with Crippen molar-refractivity contribution in [1.29, 1.82) is 0 Å². The van der Waals surface area contributed by atoms with E-state index in [1.807, 2.05) is 0 Å². The Balaban J connectivity index is 2.74. The summed E-state index contributed by atoms with van der Waals surface area (Å²) in [6.45, 7) is 14.4. The Morgan fingerprint density at radius 3 is 2.19 bits per heavy atom. The molecule has 0 aliphatic heterocycles. The number of rotatable bonds is 2. The van der Waals surface area contributed by atoms with Crippen molar-refractivity contribution in [2.75, 3.05) is 0 Å². The zero-order valence-corrected chi connectivity index (χ0v) is 19.3. The molecule has 0 spiro atoms. The van der Waals surface area contributed by atoms with E-state index in [4.69, 9.17) is 4.42 Å². The SMILES string of the molecule is CC1=CCCc2c([Si](C)(C)C(C)(C)C)o[c]([Sn]([CH3])([CH3])[CH3])c21. The van der Waals surface area contributed by atoms with Crippen LogP contribution in [-0.4, -0.2) is 26.5 Å². The minimum absolute atomic E-state index is 0.332. The van der Waals surface area contributed by atoms with Crippen LogP contribution in [0, 0.1) is 0 Å². The zero-order chi connectivity index (χ0) is 16.2. The molecular formula is C18H32OSiSn. The van der Waals surface area contributed by atoms with E-state index in [0.717, 1.165) is 0 Å². The van der Waals surface area contributed by atoms with Gasteiger partial charge in [-0.1, -0.05) is 0 Å². The van der Waals surface area contributed by atoms with Crippen molar-refractivity contribution >= 4 is 41.2 Å². The van der Waals surface area contributed by atoms with Crippen LogP contribution in [0.2, 0.25) is 33.0 Å². The molecule has 3 heteroatoms. The summed E-state index contributed by atoms with van der Waals surface area (Å²) in [5, 5.41) is 1.73. The zero-order valence-electron chi connectivity index (χ0n) is 15.4. The van der Waals surface area contributed by atoms with Gasteiger partial charge in [-0.3, -0.25) is 0 Å². The summed E-state index contributed by atoms with van der Waals surface area (Å²) >= 11 is -2.24. The summed E-state index contributed by atoms with van der Waals surface area (Å²) < 4.78 is 8.12. The van der Waals surface area contributed by atoms with Gasteiger partial charge in [0.15, 0.2) is 0 Å². The van der Waals surface area contributed by atoms with Crippen LogP contribution >= 0.6 is 0 Å². The summed E-state index contributed by atoms with van der Waals surface area (Å²) in [6, 6.07) is 0.